The molecule has 0 saturated heterocycles. The number of carbonyl (C=O) groups is 1. The maximum Gasteiger partial charge on any atom is 0.255 e. The molecule has 12 heteroatoms. The highest BCUT2D eigenvalue weighted by Gasteiger charge is 2.31. The van der Waals surface area contributed by atoms with E-state index in [0.717, 1.165) is 12.8 Å². The van der Waals surface area contributed by atoms with Gasteiger partial charge in [0.25, 0.3) is 5.91 Å². The van der Waals surface area contributed by atoms with Crippen molar-refractivity contribution in [1.29, 1.82) is 0 Å². The topological polar surface area (TPSA) is 135 Å². The van der Waals surface area contributed by atoms with Crippen LogP contribution in [-0.4, -0.2) is 52.5 Å². The molecule has 0 spiro atoms. The largest absolute Gasteiger partial charge is 0.437 e. The fraction of sp³-hybridized carbons (Fsp3) is 0.440. The molecule has 1 fully saturated rings. The SMILES string of the molecule is CNC(=O)c1c(-c2ccc(F)cc2)oc2nc(NS(=O)(=O)CCCCCCS(C)(=O)=O)c(C3CC3)cc12. The van der Waals surface area contributed by atoms with Crippen LogP contribution >= 0.6 is 0 Å². The molecule has 0 aliphatic heterocycles. The summed E-state index contributed by atoms with van der Waals surface area (Å²) >= 11 is 0. The molecule has 0 atom stereocenters. The van der Waals surface area contributed by atoms with Crippen LogP contribution in [0.15, 0.2) is 34.7 Å². The number of unbranched alkanes of at least 4 members (excludes halogenated alkanes) is 3. The van der Waals surface area contributed by atoms with Crippen molar-refractivity contribution in [1.82, 2.24) is 10.3 Å². The van der Waals surface area contributed by atoms with Crippen LogP contribution in [0.4, 0.5) is 10.2 Å². The predicted molar refractivity (Wildman–Crippen MR) is 140 cm³/mol. The van der Waals surface area contributed by atoms with Gasteiger partial charge in [-0.05, 0) is 67.5 Å². The average molecular weight is 552 g/mol. The Labute approximate surface area is 215 Å². The Morgan fingerprint density at radius 2 is 1.70 bits per heavy atom. The Bertz CT molecular complexity index is 1510. The van der Waals surface area contributed by atoms with E-state index in [0.29, 0.717) is 42.2 Å². The van der Waals surface area contributed by atoms with Crippen molar-refractivity contribution in [3.63, 3.8) is 0 Å². The Morgan fingerprint density at radius 1 is 1.05 bits per heavy atom. The number of sulfone groups is 1. The first-order chi connectivity index (χ1) is 17.5. The Kier molecular flexibility index (Phi) is 7.88. The molecule has 1 aliphatic carbocycles. The Morgan fingerprint density at radius 3 is 2.30 bits per heavy atom. The number of amides is 1. The highest BCUT2D eigenvalue weighted by Crippen LogP contribution is 2.45. The fourth-order valence-electron chi connectivity index (χ4n) is 4.19. The molecule has 1 aliphatic rings. The van der Waals surface area contributed by atoms with Crippen molar-refractivity contribution in [2.45, 2.75) is 44.4 Å². The van der Waals surface area contributed by atoms with Crippen LogP contribution in [0.1, 0.15) is 60.4 Å². The van der Waals surface area contributed by atoms with Gasteiger partial charge in [0.2, 0.25) is 15.7 Å². The van der Waals surface area contributed by atoms with Gasteiger partial charge in [-0.25, -0.2) is 21.2 Å². The first-order valence-corrected chi connectivity index (χ1v) is 15.8. The normalized spacial score (nSPS) is 14.1. The lowest BCUT2D eigenvalue weighted by Gasteiger charge is -2.11. The number of pyridine rings is 1. The quantitative estimate of drug-likeness (QED) is 0.322. The number of nitrogens with zero attached hydrogens (tertiary/aromatic N) is 1. The zero-order chi connectivity index (χ0) is 26.8. The van der Waals surface area contributed by atoms with Crippen molar-refractivity contribution in [2.75, 3.05) is 29.5 Å². The number of hydrogen-bond acceptors (Lipinski definition) is 7. The van der Waals surface area contributed by atoms with Crippen LogP contribution in [0, 0.1) is 5.82 Å². The van der Waals surface area contributed by atoms with Gasteiger partial charge in [0.05, 0.1) is 16.7 Å². The number of hydrogen-bond donors (Lipinski definition) is 2. The van der Waals surface area contributed by atoms with Gasteiger partial charge in [-0.2, -0.15) is 4.98 Å². The second kappa shape index (κ2) is 10.8. The second-order valence-electron chi connectivity index (χ2n) is 9.41. The molecule has 0 bridgehead atoms. The van der Waals surface area contributed by atoms with E-state index in [1.54, 1.807) is 6.07 Å². The first kappa shape index (κ1) is 27.1. The number of rotatable bonds is 12. The van der Waals surface area contributed by atoms with Crippen LogP contribution < -0.4 is 10.0 Å². The number of carbonyl (C=O) groups excluding carboxylic acids is 1. The molecule has 1 saturated carbocycles. The van der Waals surface area contributed by atoms with E-state index in [9.17, 15) is 26.0 Å². The number of nitrogens with one attached hydrogen (secondary N) is 2. The minimum atomic E-state index is -3.72. The molecular formula is C25H30FN3O6S2. The minimum absolute atomic E-state index is 0.0911. The molecule has 2 N–H and O–H groups in total. The summed E-state index contributed by atoms with van der Waals surface area (Å²) in [6.45, 7) is 0. The molecule has 3 aromatic rings. The van der Waals surface area contributed by atoms with Gasteiger partial charge in [-0.15, -0.1) is 0 Å². The average Bonchev–Trinajstić information content (AvgIpc) is 3.60. The number of furan rings is 1. The van der Waals surface area contributed by atoms with E-state index in [2.05, 4.69) is 15.0 Å². The standard InChI is InChI=1S/C25H30FN3O6S2/c1-27-24(30)21-20-15-19(16-7-8-16)23(28-25(20)35-22(21)17-9-11-18(26)12-10-17)29-37(33,34)14-6-4-3-5-13-36(2,31)32/h9-12,15-16H,3-8,13-14H2,1-2H3,(H,27,30)(H,28,29). The lowest BCUT2D eigenvalue weighted by molar-refractivity contribution is 0.0964. The number of sulfonamides is 1. The van der Waals surface area contributed by atoms with E-state index in [1.165, 1.54) is 37.6 Å². The number of fused-ring (bicyclic) bond motifs is 1. The molecule has 0 radical (unpaired) electrons. The van der Waals surface area contributed by atoms with Crippen molar-refractivity contribution in [3.05, 3.63) is 47.3 Å². The Hall–Kier alpha value is -2.99. The molecule has 200 valence electrons. The molecule has 0 unspecified atom stereocenters. The van der Waals surface area contributed by atoms with Crippen LogP contribution in [0.2, 0.25) is 0 Å². The number of anilines is 1. The summed E-state index contributed by atoms with van der Waals surface area (Å²) in [7, 11) is -5.25. The minimum Gasteiger partial charge on any atom is -0.437 e. The molecule has 2 aromatic heterocycles. The van der Waals surface area contributed by atoms with E-state index in [4.69, 9.17) is 4.42 Å². The van der Waals surface area contributed by atoms with Crippen LogP contribution in [-0.2, 0) is 19.9 Å². The molecule has 2 heterocycles. The third-order valence-electron chi connectivity index (χ3n) is 6.22. The summed E-state index contributed by atoms with van der Waals surface area (Å²) in [6, 6.07) is 7.28. The highest BCUT2D eigenvalue weighted by molar-refractivity contribution is 7.92. The lowest BCUT2D eigenvalue weighted by atomic mass is 10.0. The summed E-state index contributed by atoms with van der Waals surface area (Å²) in [4.78, 5) is 17.3. The number of benzene rings is 1. The van der Waals surface area contributed by atoms with Crippen molar-refractivity contribution in [3.8, 4) is 11.3 Å². The number of aromatic nitrogens is 1. The van der Waals surface area contributed by atoms with Gasteiger partial charge in [0.15, 0.2) is 0 Å². The fourth-order valence-corrected chi connectivity index (χ4v) is 6.06. The second-order valence-corrected chi connectivity index (χ2v) is 13.5. The summed E-state index contributed by atoms with van der Waals surface area (Å²) < 4.78 is 70.1. The van der Waals surface area contributed by atoms with E-state index >= 15 is 0 Å². The van der Waals surface area contributed by atoms with Gasteiger partial charge >= 0.3 is 0 Å². The molecule has 9 nitrogen and oxygen atoms in total. The number of halogens is 1. The third-order valence-corrected chi connectivity index (χ3v) is 8.58. The third kappa shape index (κ3) is 6.86. The van der Waals surface area contributed by atoms with Crippen LogP contribution in [0.25, 0.3) is 22.4 Å². The van der Waals surface area contributed by atoms with E-state index < -0.39 is 31.6 Å². The van der Waals surface area contributed by atoms with Gasteiger partial charge in [0, 0.05) is 24.6 Å². The molecule has 4 rings (SSSR count). The monoisotopic (exact) mass is 551 g/mol. The van der Waals surface area contributed by atoms with Crippen molar-refractivity contribution < 1.29 is 30.4 Å². The van der Waals surface area contributed by atoms with Gasteiger partial charge in [0.1, 0.15) is 27.2 Å². The van der Waals surface area contributed by atoms with Gasteiger partial charge < -0.3 is 9.73 Å². The first-order valence-electron chi connectivity index (χ1n) is 12.1. The van der Waals surface area contributed by atoms with Crippen LogP contribution in [0.3, 0.4) is 0 Å². The van der Waals surface area contributed by atoms with E-state index in [-0.39, 0.29) is 40.3 Å². The molecular weight excluding hydrogens is 521 g/mol. The molecule has 1 aromatic carbocycles. The highest BCUT2D eigenvalue weighted by atomic mass is 32.2. The van der Waals surface area contributed by atoms with Crippen molar-refractivity contribution in [2.24, 2.45) is 0 Å². The maximum atomic E-state index is 13.5. The molecule has 1 amide bonds. The zero-order valence-electron chi connectivity index (χ0n) is 20.7. The smallest absolute Gasteiger partial charge is 0.255 e. The summed E-state index contributed by atoms with van der Waals surface area (Å²) in [6.07, 6.45) is 5.03. The van der Waals surface area contributed by atoms with E-state index in [1.807, 2.05) is 0 Å². The maximum absolute atomic E-state index is 13.5. The zero-order valence-corrected chi connectivity index (χ0v) is 22.3. The Balaban J connectivity index is 1.60. The summed E-state index contributed by atoms with van der Waals surface area (Å²) in [5.74, 6) is -0.347. The predicted octanol–water partition coefficient (Wildman–Crippen LogP) is 4.22. The van der Waals surface area contributed by atoms with Crippen LogP contribution in [0.5, 0.6) is 0 Å². The van der Waals surface area contributed by atoms with Gasteiger partial charge in [-0.1, -0.05) is 12.8 Å². The molecule has 37 heavy (non-hydrogen) atoms. The summed E-state index contributed by atoms with van der Waals surface area (Å²) in [5, 5.41) is 3.05. The lowest BCUT2D eigenvalue weighted by Crippen LogP contribution is -2.19. The van der Waals surface area contributed by atoms with Gasteiger partial charge in [-0.3, -0.25) is 9.52 Å². The summed E-state index contributed by atoms with van der Waals surface area (Å²) in [5.41, 5.74) is 1.53. The van der Waals surface area contributed by atoms with Crippen molar-refractivity contribution >= 4 is 42.7 Å².